The van der Waals surface area contributed by atoms with Gasteiger partial charge in [0.25, 0.3) is 5.91 Å². The van der Waals surface area contributed by atoms with Crippen LogP contribution in [0.1, 0.15) is 16.7 Å². The van der Waals surface area contributed by atoms with Gasteiger partial charge in [-0.1, -0.05) is 22.0 Å². The highest BCUT2D eigenvalue weighted by Crippen LogP contribution is 2.23. The minimum absolute atomic E-state index is 0.000201. The summed E-state index contributed by atoms with van der Waals surface area (Å²) in [6, 6.07) is 11.5. The van der Waals surface area contributed by atoms with Crippen LogP contribution in [-0.2, 0) is 4.79 Å². The zero-order valence-corrected chi connectivity index (χ0v) is 14.0. The number of rotatable bonds is 4. The molecule has 0 aromatic heterocycles. The van der Waals surface area contributed by atoms with Crippen molar-refractivity contribution in [3.63, 3.8) is 0 Å². The molecule has 0 aliphatic rings. The predicted octanol–water partition coefficient (Wildman–Crippen LogP) is 4.39. The lowest BCUT2D eigenvalue weighted by atomic mass is 10.1. The van der Waals surface area contributed by atoms with E-state index in [4.69, 9.17) is 4.74 Å². The van der Waals surface area contributed by atoms with E-state index in [9.17, 15) is 4.79 Å². The van der Waals surface area contributed by atoms with Crippen LogP contribution in [0.25, 0.3) is 0 Å². The minimum atomic E-state index is -0.170. The minimum Gasteiger partial charge on any atom is -0.483 e. The summed E-state index contributed by atoms with van der Waals surface area (Å²) in [5.74, 6) is 0.592. The lowest BCUT2D eigenvalue weighted by molar-refractivity contribution is -0.118. The van der Waals surface area contributed by atoms with Gasteiger partial charge in [-0.05, 0) is 67.8 Å². The van der Waals surface area contributed by atoms with Gasteiger partial charge in [0.2, 0.25) is 0 Å². The average molecular weight is 348 g/mol. The maximum atomic E-state index is 11.9. The molecule has 1 amide bonds. The van der Waals surface area contributed by atoms with Gasteiger partial charge in [0.15, 0.2) is 6.61 Å². The number of carbonyl (C=O) groups excluding carboxylic acids is 1. The van der Waals surface area contributed by atoms with Crippen molar-refractivity contribution < 1.29 is 9.53 Å². The number of ether oxygens (including phenoxy) is 1. The molecule has 0 atom stereocenters. The molecule has 3 nitrogen and oxygen atoms in total. The molecule has 0 spiro atoms. The van der Waals surface area contributed by atoms with E-state index in [1.165, 1.54) is 5.56 Å². The zero-order valence-electron chi connectivity index (χ0n) is 12.4. The third-order valence-electron chi connectivity index (χ3n) is 3.25. The lowest BCUT2D eigenvalue weighted by Gasteiger charge is -2.12. The maximum Gasteiger partial charge on any atom is 0.262 e. The molecule has 0 saturated heterocycles. The fourth-order valence-electron chi connectivity index (χ4n) is 2.02. The van der Waals surface area contributed by atoms with E-state index < -0.39 is 0 Å². The van der Waals surface area contributed by atoms with Gasteiger partial charge in [-0.3, -0.25) is 4.79 Å². The predicted molar refractivity (Wildman–Crippen MR) is 88.9 cm³/mol. The van der Waals surface area contributed by atoms with Crippen LogP contribution in [-0.4, -0.2) is 12.5 Å². The summed E-state index contributed by atoms with van der Waals surface area (Å²) in [6.45, 7) is 6.05. The third-order valence-corrected chi connectivity index (χ3v) is 3.78. The van der Waals surface area contributed by atoms with Gasteiger partial charge < -0.3 is 10.1 Å². The molecular weight excluding hydrogens is 330 g/mol. The standard InChI is InChI=1S/C17H18BrNO2/c1-11-8-12(2)13(3)16(9-11)21-10-17(20)19-15-6-4-14(18)5-7-15/h4-9H,10H2,1-3H3,(H,19,20). The molecule has 2 rings (SSSR count). The highest BCUT2D eigenvalue weighted by atomic mass is 79.9. The largest absolute Gasteiger partial charge is 0.483 e. The number of anilines is 1. The van der Waals surface area contributed by atoms with Crippen molar-refractivity contribution in [3.05, 3.63) is 57.6 Å². The molecule has 1 N–H and O–H groups in total. The number of carbonyl (C=O) groups is 1. The quantitative estimate of drug-likeness (QED) is 0.890. The van der Waals surface area contributed by atoms with Crippen molar-refractivity contribution in [2.24, 2.45) is 0 Å². The molecule has 0 heterocycles. The molecule has 2 aromatic rings. The van der Waals surface area contributed by atoms with Gasteiger partial charge in [-0.15, -0.1) is 0 Å². The second kappa shape index (κ2) is 6.76. The molecule has 4 heteroatoms. The molecule has 0 aliphatic heterocycles. The first-order chi connectivity index (χ1) is 9.95. The third kappa shape index (κ3) is 4.33. The summed E-state index contributed by atoms with van der Waals surface area (Å²) in [6.07, 6.45) is 0. The Kier molecular flexibility index (Phi) is 5.02. The van der Waals surface area contributed by atoms with Gasteiger partial charge in [0, 0.05) is 10.2 Å². The maximum absolute atomic E-state index is 11.9. The van der Waals surface area contributed by atoms with Crippen molar-refractivity contribution in [3.8, 4) is 5.75 Å². The summed E-state index contributed by atoms with van der Waals surface area (Å²) in [7, 11) is 0. The van der Waals surface area contributed by atoms with Crippen LogP contribution in [0.5, 0.6) is 5.75 Å². The molecule has 110 valence electrons. The number of halogens is 1. The van der Waals surface area contributed by atoms with Crippen molar-refractivity contribution in [1.29, 1.82) is 0 Å². The van der Waals surface area contributed by atoms with E-state index in [1.807, 2.05) is 51.1 Å². The van der Waals surface area contributed by atoms with Crippen LogP contribution in [0.4, 0.5) is 5.69 Å². The second-order valence-corrected chi connectivity index (χ2v) is 5.96. The number of nitrogens with one attached hydrogen (secondary N) is 1. The Morgan fingerprint density at radius 3 is 2.48 bits per heavy atom. The number of benzene rings is 2. The van der Waals surface area contributed by atoms with Crippen molar-refractivity contribution >= 4 is 27.5 Å². The summed E-state index contributed by atoms with van der Waals surface area (Å²) < 4.78 is 6.61. The summed E-state index contributed by atoms with van der Waals surface area (Å²) in [4.78, 5) is 11.9. The van der Waals surface area contributed by atoms with Crippen LogP contribution in [0.3, 0.4) is 0 Å². The highest BCUT2D eigenvalue weighted by Gasteiger charge is 2.07. The number of hydrogen-bond donors (Lipinski definition) is 1. The molecule has 0 saturated carbocycles. The Morgan fingerprint density at radius 1 is 1.14 bits per heavy atom. The normalized spacial score (nSPS) is 10.3. The number of aryl methyl sites for hydroxylation is 2. The number of amides is 1. The lowest BCUT2D eigenvalue weighted by Crippen LogP contribution is -2.20. The van der Waals surface area contributed by atoms with Crippen LogP contribution in [0.15, 0.2) is 40.9 Å². The highest BCUT2D eigenvalue weighted by molar-refractivity contribution is 9.10. The van der Waals surface area contributed by atoms with Gasteiger partial charge in [0.1, 0.15) is 5.75 Å². The van der Waals surface area contributed by atoms with Crippen molar-refractivity contribution in [2.45, 2.75) is 20.8 Å². The van der Waals surface area contributed by atoms with Crippen LogP contribution < -0.4 is 10.1 Å². The van der Waals surface area contributed by atoms with Crippen LogP contribution in [0.2, 0.25) is 0 Å². The molecule has 0 aliphatic carbocycles. The van der Waals surface area contributed by atoms with Gasteiger partial charge in [-0.2, -0.15) is 0 Å². The Balaban J connectivity index is 1.97. The zero-order chi connectivity index (χ0) is 15.4. The van der Waals surface area contributed by atoms with E-state index in [-0.39, 0.29) is 12.5 Å². The summed E-state index contributed by atoms with van der Waals surface area (Å²) in [5.41, 5.74) is 4.11. The van der Waals surface area contributed by atoms with E-state index in [0.29, 0.717) is 0 Å². The SMILES string of the molecule is Cc1cc(C)c(C)c(OCC(=O)Nc2ccc(Br)cc2)c1. The topological polar surface area (TPSA) is 38.3 Å². The van der Waals surface area contributed by atoms with E-state index in [0.717, 1.165) is 27.0 Å². The fraction of sp³-hybridized carbons (Fsp3) is 0.235. The second-order valence-electron chi connectivity index (χ2n) is 5.05. The van der Waals surface area contributed by atoms with E-state index >= 15 is 0 Å². The molecule has 21 heavy (non-hydrogen) atoms. The molecule has 0 fully saturated rings. The van der Waals surface area contributed by atoms with E-state index in [2.05, 4.69) is 27.3 Å². The summed E-state index contributed by atoms with van der Waals surface area (Å²) >= 11 is 3.36. The van der Waals surface area contributed by atoms with Crippen molar-refractivity contribution in [1.82, 2.24) is 0 Å². The Hall–Kier alpha value is -1.81. The first-order valence-corrected chi connectivity index (χ1v) is 7.51. The smallest absolute Gasteiger partial charge is 0.262 e. The molecule has 0 radical (unpaired) electrons. The fourth-order valence-corrected chi connectivity index (χ4v) is 2.29. The average Bonchev–Trinajstić information content (AvgIpc) is 2.44. The molecule has 0 bridgehead atoms. The number of hydrogen-bond acceptors (Lipinski definition) is 2. The molecular formula is C17H18BrNO2. The van der Waals surface area contributed by atoms with Gasteiger partial charge in [0.05, 0.1) is 0 Å². The van der Waals surface area contributed by atoms with Crippen LogP contribution in [0, 0.1) is 20.8 Å². The van der Waals surface area contributed by atoms with Crippen LogP contribution >= 0.6 is 15.9 Å². The molecule has 2 aromatic carbocycles. The first-order valence-electron chi connectivity index (χ1n) is 6.72. The van der Waals surface area contributed by atoms with Crippen molar-refractivity contribution in [2.75, 3.05) is 11.9 Å². The first kappa shape index (κ1) is 15.6. The Bertz CT molecular complexity index is 651. The van der Waals surface area contributed by atoms with Gasteiger partial charge >= 0.3 is 0 Å². The Labute approximate surface area is 133 Å². The van der Waals surface area contributed by atoms with E-state index in [1.54, 1.807) is 0 Å². The monoisotopic (exact) mass is 347 g/mol. The van der Waals surface area contributed by atoms with Gasteiger partial charge in [-0.25, -0.2) is 0 Å². The Morgan fingerprint density at radius 2 is 1.81 bits per heavy atom. The molecule has 0 unspecified atom stereocenters. The summed E-state index contributed by atoms with van der Waals surface area (Å²) in [5, 5.41) is 2.80.